The van der Waals surface area contributed by atoms with E-state index in [2.05, 4.69) is 63.9 Å². The molecule has 108 valence electrons. The van der Waals surface area contributed by atoms with Crippen LogP contribution in [0.15, 0.2) is 65.5 Å². The number of aryl methyl sites for hydroxylation is 1. The molecule has 0 saturated carbocycles. The van der Waals surface area contributed by atoms with E-state index in [1.54, 1.807) is 11.3 Å². The molecule has 1 N–H and O–H groups in total. The van der Waals surface area contributed by atoms with Gasteiger partial charge in [-0.25, -0.2) is 4.98 Å². The van der Waals surface area contributed by atoms with Crippen molar-refractivity contribution in [2.24, 2.45) is 0 Å². The van der Waals surface area contributed by atoms with Crippen molar-refractivity contribution in [3.8, 4) is 11.3 Å². The monoisotopic (exact) mass is 305 g/mol. The van der Waals surface area contributed by atoms with E-state index < -0.39 is 0 Å². The molecule has 0 radical (unpaired) electrons. The van der Waals surface area contributed by atoms with E-state index in [0.29, 0.717) is 0 Å². The van der Waals surface area contributed by atoms with E-state index >= 15 is 0 Å². The first-order valence-electron chi connectivity index (χ1n) is 7.14. The SMILES string of the molecule is Cc1ccn2c(Nc3ccccc3)c(-c3ccsc3)nc2c1. The predicted molar refractivity (Wildman–Crippen MR) is 93.0 cm³/mol. The number of imidazole rings is 1. The number of rotatable bonds is 3. The van der Waals surface area contributed by atoms with Crippen LogP contribution in [-0.2, 0) is 0 Å². The second kappa shape index (κ2) is 5.31. The Bertz CT molecular complexity index is 908. The molecule has 0 saturated heterocycles. The molecular formula is C18H15N3S. The molecule has 4 rings (SSSR count). The summed E-state index contributed by atoms with van der Waals surface area (Å²) in [7, 11) is 0. The Kier molecular flexibility index (Phi) is 3.16. The number of hydrogen-bond acceptors (Lipinski definition) is 3. The average molecular weight is 305 g/mol. The molecule has 0 fully saturated rings. The molecule has 3 nitrogen and oxygen atoms in total. The molecule has 0 amide bonds. The lowest BCUT2D eigenvalue weighted by Gasteiger charge is -2.08. The first-order valence-corrected chi connectivity index (χ1v) is 8.09. The number of para-hydroxylation sites is 1. The Morgan fingerprint density at radius 2 is 1.95 bits per heavy atom. The minimum atomic E-state index is 0.958. The van der Waals surface area contributed by atoms with Crippen LogP contribution >= 0.6 is 11.3 Å². The molecule has 4 heteroatoms. The lowest BCUT2D eigenvalue weighted by Crippen LogP contribution is -1.96. The second-order valence-electron chi connectivity index (χ2n) is 5.24. The fourth-order valence-electron chi connectivity index (χ4n) is 2.52. The van der Waals surface area contributed by atoms with E-state index in [9.17, 15) is 0 Å². The normalized spacial score (nSPS) is 11.0. The van der Waals surface area contributed by atoms with Gasteiger partial charge in [0.25, 0.3) is 0 Å². The molecule has 0 spiro atoms. The van der Waals surface area contributed by atoms with Gasteiger partial charge in [0.05, 0.1) is 0 Å². The molecule has 3 heterocycles. The standard InChI is InChI=1S/C18H15N3S/c1-13-7-9-21-16(11-13)20-17(14-8-10-22-12-14)18(21)19-15-5-3-2-4-6-15/h2-12,19H,1H3. The van der Waals surface area contributed by atoms with Crippen molar-refractivity contribution in [1.29, 1.82) is 0 Å². The molecule has 0 atom stereocenters. The van der Waals surface area contributed by atoms with Gasteiger partial charge in [0, 0.05) is 22.8 Å². The topological polar surface area (TPSA) is 29.3 Å². The van der Waals surface area contributed by atoms with Crippen LogP contribution in [0.3, 0.4) is 0 Å². The number of anilines is 2. The van der Waals surface area contributed by atoms with Crippen molar-refractivity contribution < 1.29 is 0 Å². The van der Waals surface area contributed by atoms with Gasteiger partial charge in [-0.3, -0.25) is 4.40 Å². The van der Waals surface area contributed by atoms with E-state index in [0.717, 1.165) is 28.4 Å². The number of fused-ring (bicyclic) bond motifs is 1. The summed E-state index contributed by atoms with van der Waals surface area (Å²) < 4.78 is 2.10. The minimum Gasteiger partial charge on any atom is -0.339 e. The van der Waals surface area contributed by atoms with Crippen LogP contribution in [0.4, 0.5) is 11.5 Å². The number of thiophene rings is 1. The van der Waals surface area contributed by atoms with Crippen molar-refractivity contribution in [3.05, 3.63) is 71.1 Å². The third kappa shape index (κ3) is 2.27. The molecule has 0 aliphatic rings. The number of aromatic nitrogens is 2. The Morgan fingerprint density at radius 3 is 2.73 bits per heavy atom. The first-order chi connectivity index (χ1) is 10.8. The maximum atomic E-state index is 4.82. The zero-order valence-electron chi connectivity index (χ0n) is 12.2. The number of hydrogen-bond donors (Lipinski definition) is 1. The summed E-state index contributed by atoms with van der Waals surface area (Å²) in [6.07, 6.45) is 2.07. The van der Waals surface area contributed by atoms with Gasteiger partial charge in [0.1, 0.15) is 17.2 Å². The highest BCUT2D eigenvalue weighted by Crippen LogP contribution is 2.32. The van der Waals surface area contributed by atoms with Crippen molar-refractivity contribution in [3.63, 3.8) is 0 Å². The highest BCUT2D eigenvalue weighted by molar-refractivity contribution is 7.08. The summed E-state index contributed by atoms with van der Waals surface area (Å²) in [6.45, 7) is 2.09. The smallest absolute Gasteiger partial charge is 0.143 e. The lowest BCUT2D eigenvalue weighted by molar-refractivity contribution is 1.17. The van der Waals surface area contributed by atoms with E-state index in [-0.39, 0.29) is 0 Å². The number of nitrogens with one attached hydrogen (secondary N) is 1. The number of nitrogens with zero attached hydrogens (tertiary/aromatic N) is 2. The van der Waals surface area contributed by atoms with Gasteiger partial charge in [0.15, 0.2) is 0 Å². The van der Waals surface area contributed by atoms with Gasteiger partial charge < -0.3 is 5.32 Å². The number of pyridine rings is 1. The minimum absolute atomic E-state index is 0.958. The molecule has 22 heavy (non-hydrogen) atoms. The van der Waals surface area contributed by atoms with Crippen LogP contribution in [0.25, 0.3) is 16.9 Å². The summed E-state index contributed by atoms with van der Waals surface area (Å²) in [5, 5.41) is 7.72. The Labute approximate surface area is 132 Å². The average Bonchev–Trinajstić information content (AvgIpc) is 3.16. The zero-order chi connectivity index (χ0) is 14.9. The number of benzene rings is 1. The molecular weight excluding hydrogens is 290 g/mol. The summed E-state index contributed by atoms with van der Waals surface area (Å²) in [6, 6.07) is 16.5. The summed E-state index contributed by atoms with van der Waals surface area (Å²) in [4.78, 5) is 4.82. The molecule has 0 aliphatic carbocycles. The molecule has 0 bridgehead atoms. The largest absolute Gasteiger partial charge is 0.339 e. The van der Waals surface area contributed by atoms with Crippen LogP contribution in [0.1, 0.15) is 5.56 Å². The zero-order valence-corrected chi connectivity index (χ0v) is 13.0. The van der Waals surface area contributed by atoms with E-state index in [4.69, 9.17) is 4.98 Å². The van der Waals surface area contributed by atoms with Crippen molar-refractivity contribution in [1.82, 2.24) is 9.38 Å². The van der Waals surface area contributed by atoms with Crippen LogP contribution < -0.4 is 5.32 Å². The van der Waals surface area contributed by atoms with Crippen molar-refractivity contribution in [2.45, 2.75) is 6.92 Å². The highest BCUT2D eigenvalue weighted by atomic mass is 32.1. The van der Waals surface area contributed by atoms with E-state index in [1.807, 2.05) is 18.2 Å². The molecule has 0 unspecified atom stereocenters. The van der Waals surface area contributed by atoms with Gasteiger partial charge >= 0.3 is 0 Å². The Hall–Kier alpha value is -2.59. The molecule has 1 aromatic carbocycles. The van der Waals surface area contributed by atoms with Crippen LogP contribution in [0.5, 0.6) is 0 Å². The fraction of sp³-hybridized carbons (Fsp3) is 0.0556. The Morgan fingerprint density at radius 1 is 1.09 bits per heavy atom. The van der Waals surface area contributed by atoms with Crippen molar-refractivity contribution >= 4 is 28.5 Å². The summed E-state index contributed by atoms with van der Waals surface area (Å²) >= 11 is 1.69. The first kappa shape index (κ1) is 13.1. The third-order valence-electron chi connectivity index (χ3n) is 3.61. The van der Waals surface area contributed by atoms with Gasteiger partial charge in [-0.1, -0.05) is 18.2 Å². The van der Waals surface area contributed by atoms with Gasteiger partial charge in [-0.05, 0) is 48.2 Å². The van der Waals surface area contributed by atoms with Crippen molar-refractivity contribution in [2.75, 3.05) is 5.32 Å². The van der Waals surface area contributed by atoms with Crippen LogP contribution in [0, 0.1) is 6.92 Å². The predicted octanol–water partition coefficient (Wildman–Crippen LogP) is 5.11. The quantitative estimate of drug-likeness (QED) is 0.569. The maximum absolute atomic E-state index is 4.82. The summed E-state index contributed by atoms with van der Waals surface area (Å²) in [5.41, 5.74) is 5.35. The fourth-order valence-corrected chi connectivity index (χ4v) is 3.17. The summed E-state index contributed by atoms with van der Waals surface area (Å²) in [5.74, 6) is 1.000. The Balaban J connectivity index is 1.92. The molecule has 4 aromatic rings. The van der Waals surface area contributed by atoms with Gasteiger partial charge in [-0.2, -0.15) is 11.3 Å². The second-order valence-corrected chi connectivity index (χ2v) is 6.02. The maximum Gasteiger partial charge on any atom is 0.143 e. The molecule has 3 aromatic heterocycles. The third-order valence-corrected chi connectivity index (χ3v) is 4.30. The lowest BCUT2D eigenvalue weighted by atomic mass is 10.2. The van der Waals surface area contributed by atoms with Crippen LogP contribution in [-0.4, -0.2) is 9.38 Å². The molecule has 0 aliphatic heterocycles. The van der Waals surface area contributed by atoms with Crippen LogP contribution in [0.2, 0.25) is 0 Å². The highest BCUT2D eigenvalue weighted by Gasteiger charge is 2.14. The van der Waals surface area contributed by atoms with Gasteiger partial charge in [0.2, 0.25) is 0 Å². The van der Waals surface area contributed by atoms with E-state index in [1.165, 1.54) is 5.56 Å². The van der Waals surface area contributed by atoms with Gasteiger partial charge in [-0.15, -0.1) is 0 Å².